The van der Waals surface area contributed by atoms with Crippen LogP contribution in [0, 0.1) is 6.92 Å². The normalized spacial score (nSPS) is 24.6. The summed E-state index contributed by atoms with van der Waals surface area (Å²) in [5.74, 6) is -0.130. The van der Waals surface area contributed by atoms with Crippen LogP contribution in [0.1, 0.15) is 27.6 Å². The maximum atomic E-state index is 12.0. The second-order valence-corrected chi connectivity index (χ2v) is 8.56. The predicted octanol–water partition coefficient (Wildman–Crippen LogP) is 2.20. The number of aliphatic hydroxyl groups excluding tert-OH is 4. The van der Waals surface area contributed by atoms with E-state index in [4.69, 9.17) is 4.74 Å². The first-order valence-electron chi connectivity index (χ1n) is 11.2. The zero-order valence-electron chi connectivity index (χ0n) is 19.1. The van der Waals surface area contributed by atoms with Gasteiger partial charge in [-0.1, -0.05) is 54.6 Å². The van der Waals surface area contributed by atoms with Crippen molar-refractivity contribution in [1.82, 2.24) is 5.32 Å². The van der Waals surface area contributed by atoms with Crippen molar-refractivity contribution in [3.05, 3.63) is 83.4 Å². The molecule has 5 N–H and O–H groups in total. The summed E-state index contributed by atoms with van der Waals surface area (Å²) in [6.07, 6.45) is -5.91. The highest BCUT2D eigenvalue weighted by Gasteiger charge is 2.43. The molecule has 3 aromatic rings. The van der Waals surface area contributed by atoms with Crippen molar-refractivity contribution in [1.29, 1.82) is 0 Å². The fourth-order valence-corrected chi connectivity index (χ4v) is 4.38. The number of aryl methyl sites for hydroxylation is 1. The number of rotatable bonds is 5. The van der Waals surface area contributed by atoms with Crippen molar-refractivity contribution >= 4 is 5.91 Å². The van der Waals surface area contributed by atoms with Crippen LogP contribution in [-0.2, 0) is 4.74 Å². The number of ether oxygens (including phenoxy) is 1. The highest BCUT2D eigenvalue weighted by atomic mass is 16.5. The monoisotopic (exact) mass is 463 g/mol. The average molecular weight is 464 g/mol. The molecule has 7 nitrogen and oxygen atoms in total. The van der Waals surface area contributed by atoms with Gasteiger partial charge in [0.2, 0.25) is 0 Å². The minimum Gasteiger partial charge on any atom is -0.394 e. The van der Waals surface area contributed by atoms with E-state index >= 15 is 0 Å². The minimum absolute atomic E-state index is 0.130. The van der Waals surface area contributed by atoms with Crippen LogP contribution in [0.3, 0.4) is 0 Å². The highest BCUT2D eigenvalue weighted by molar-refractivity contribution is 5.95. The van der Waals surface area contributed by atoms with Gasteiger partial charge in [-0.3, -0.25) is 4.79 Å². The molecule has 0 bridgehead atoms. The van der Waals surface area contributed by atoms with Crippen LogP contribution in [0.5, 0.6) is 0 Å². The third-order valence-electron chi connectivity index (χ3n) is 6.35. The summed E-state index contributed by atoms with van der Waals surface area (Å²) in [5.41, 5.74) is 6.26. The summed E-state index contributed by atoms with van der Waals surface area (Å²) in [4.78, 5) is 12.0. The van der Waals surface area contributed by atoms with Gasteiger partial charge in [0, 0.05) is 12.6 Å². The predicted molar refractivity (Wildman–Crippen MR) is 128 cm³/mol. The molecule has 4 rings (SSSR count). The molecule has 7 heteroatoms. The van der Waals surface area contributed by atoms with Crippen LogP contribution in [0.4, 0.5) is 0 Å². The molecule has 1 aliphatic heterocycles. The SMILES string of the molecule is CNC(=O)c1cccc(-c2ccc(-c3ccc([C@H]4O[C@H](CO)[C@@H](O)[C@H](O)[C@H]4O)cc3)c(C)c2)c1. The molecule has 0 unspecified atom stereocenters. The van der Waals surface area contributed by atoms with Crippen molar-refractivity contribution in [3.63, 3.8) is 0 Å². The van der Waals surface area contributed by atoms with Gasteiger partial charge in [-0.15, -0.1) is 0 Å². The number of benzene rings is 3. The first-order valence-corrected chi connectivity index (χ1v) is 11.2. The topological polar surface area (TPSA) is 119 Å². The van der Waals surface area contributed by atoms with Gasteiger partial charge in [-0.2, -0.15) is 0 Å². The Balaban J connectivity index is 1.57. The van der Waals surface area contributed by atoms with Crippen molar-refractivity contribution < 1.29 is 30.0 Å². The van der Waals surface area contributed by atoms with E-state index in [9.17, 15) is 25.2 Å². The van der Waals surface area contributed by atoms with Gasteiger partial charge >= 0.3 is 0 Å². The van der Waals surface area contributed by atoms with Crippen LogP contribution in [0.15, 0.2) is 66.7 Å². The van der Waals surface area contributed by atoms with Crippen LogP contribution in [-0.4, -0.2) is 64.4 Å². The van der Waals surface area contributed by atoms with Gasteiger partial charge in [0.1, 0.15) is 30.5 Å². The third kappa shape index (κ3) is 4.61. The van der Waals surface area contributed by atoms with E-state index in [0.29, 0.717) is 11.1 Å². The maximum absolute atomic E-state index is 12.0. The fraction of sp³-hybridized carbons (Fsp3) is 0.296. The van der Waals surface area contributed by atoms with Gasteiger partial charge < -0.3 is 30.5 Å². The number of carbonyl (C=O) groups is 1. The molecule has 0 spiro atoms. The average Bonchev–Trinajstić information content (AvgIpc) is 2.87. The van der Waals surface area contributed by atoms with E-state index in [0.717, 1.165) is 27.8 Å². The number of aliphatic hydroxyl groups is 4. The number of hydrogen-bond acceptors (Lipinski definition) is 6. The van der Waals surface area contributed by atoms with Gasteiger partial charge in [0.25, 0.3) is 5.91 Å². The van der Waals surface area contributed by atoms with E-state index in [1.165, 1.54) is 0 Å². The van der Waals surface area contributed by atoms with Crippen LogP contribution in [0.25, 0.3) is 22.3 Å². The summed E-state index contributed by atoms with van der Waals surface area (Å²) in [7, 11) is 1.61. The molecule has 1 fully saturated rings. The van der Waals surface area contributed by atoms with Gasteiger partial charge in [0.15, 0.2) is 0 Å². The summed E-state index contributed by atoms with van der Waals surface area (Å²) in [5, 5.41) is 42.5. The van der Waals surface area contributed by atoms with E-state index in [-0.39, 0.29) is 5.91 Å². The zero-order chi connectivity index (χ0) is 24.4. The Kier molecular flexibility index (Phi) is 7.11. The lowest BCUT2D eigenvalue weighted by Crippen LogP contribution is -2.55. The number of amides is 1. The summed E-state index contributed by atoms with van der Waals surface area (Å²) in [6, 6.07) is 21.0. The zero-order valence-corrected chi connectivity index (χ0v) is 19.1. The largest absolute Gasteiger partial charge is 0.394 e. The van der Waals surface area contributed by atoms with Gasteiger partial charge in [-0.25, -0.2) is 0 Å². The second kappa shape index (κ2) is 10.0. The molecule has 0 radical (unpaired) electrons. The second-order valence-electron chi connectivity index (χ2n) is 8.56. The number of nitrogens with one attached hydrogen (secondary N) is 1. The Morgan fingerprint density at radius 2 is 1.56 bits per heavy atom. The van der Waals surface area contributed by atoms with E-state index in [1.807, 2.05) is 61.5 Å². The molecule has 5 atom stereocenters. The smallest absolute Gasteiger partial charge is 0.251 e. The van der Waals surface area contributed by atoms with E-state index < -0.39 is 37.1 Å². The summed E-state index contributed by atoms with van der Waals surface area (Å²) < 4.78 is 5.65. The van der Waals surface area contributed by atoms with E-state index in [1.54, 1.807) is 13.1 Å². The number of carbonyl (C=O) groups excluding carboxylic acids is 1. The van der Waals surface area contributed by atoms with Gasteiger partial charge in [-0.05, 0) is 52.4 Å². The minimum atomic E-state index is -1.41. The van der Waals surface area contributed by atoms with Crippen LogP contribution >= 0.6 is 0 Å². The lowest BCUT2D eigenvalue weighted by molar-refractivity contribution is -0.231. The molecule has 0 saturated carbocycles. The molecule has 34 heavy (non-hydrogen) atoms. The molecular weight excluding hydrogens is 434 g/mol. The first-order chi connectivity index (χ1) is 16.3. The quantitative estimate of drug-likeness (QED) is 0.396. The Morgan fingerprint density at radius 1 is 0.882 bits per heavy atom. The highest BCUT2D eigenvalue weighted by Crippen LogP contribution is 2.34. The molecule has 1 aliphatic rings. The standard InChI is InChI=1S/C27H29NO6/c1-15-12-19(18-4-3-5-20(13-18)27(33)28-2)10-11-21(15)16-6-8-17(9-7-16)26-25(32)24(31)23(30)22(14-29)34-26/h3-13,22-26,29-32H,14H2,1-2H3,(H,28,33)/t22-,23-,24+,25-,26-/m1/s1. The Hall–Kier alpha value is -3.07. The van der Waals surface area contributed by atoms with Crippen LogP contribution in [0.2, 0.25) is 0 Å². The summed E-state index contributed by atoms with van der Waals surface area (Å²) in [6.45, 7) is 1.56. The lowest BCUT2D eigenvalue weighted by Gasteiger charge is -2.40. The third-order valence-corrected chi connectivity index (χ3v) is 6.35. The summed E-state index contributed by atoms with van der Waals surface area (Å²) >= 11 is 0. The molecule has 3 aromatic carbocycles. The molecule has 178 valence electrons. The Bertz CT molecular complexity index is 1160. The van der Waals surface area contributed by atoms with Crippen molar-refractivity contribution in [2.24, 2.45) is 0 Å². The Labute approximate surface area is 198 Å². The molecule has 1 amide bonds. The lowest BCUT2D eigenvalue weighted by atomic mass is 9.90. The molecule has 0 aromatic heterocycles. The van der Waals surface area contributed by atoms with Crippen molar-refractivity contribution in [2.45, 2.75) is 37.4 Å². The van der Waals surface area contributed by atoms with Crippen molar-refractivity contribution in [2.75, 3.05) is 13.7 Å². The molecule has 1 heterocycles. The molecular formula is C27H29NO6. The molecule has 1 saturated heterocycles. The fourth-order valence-electron chi connectivity index (χ4n) is 4.38. The first kappa shape index (κ1) is 24.1. The number of hydrogen-bond donors (Lipinski definition) is 5. The van der Waals surface area contributed by atoms with Crippen LogP contribution < -0.4 is 5.32 Å². The van der Waals surface area contributed by atoms with Gasteiger partial charge in [0.05, 0.1) is 6.61 Å². The maximum Gasteiger partial charge on any atom is 0.251 e. The molecule has 0 aliphatic carbocycles. The Morgan fingerprint density at radius 3 is 2.21 bits per heavy atom. The van der Waals surface area contributed by atoms with Crippen molar-refractivity contribution in [3.8, 4) is 22.3 Å². The van der Waals surface area contributed by atoms with E-state index in [2.05, 4.69) is 11.4 Å².